The number of aryl methyl sites for hydroxylation is 1. The van der Waals surface area contributed by atoms with Crippen molar-refractivity contribution in [3.8, 4) is 11.1 Å². The molecule has 2 aliphatic heterocycles. The van der Waals surface area contributed by atoms with Gasteiger partial charge in [0, 0.05) is 0 Å². The second-order valence-electron chi connectivity index (χ2n) is 7.06. The van der Waals surface area contributed by atoms with Crippen molar-refractivity contribution in [1.29, 1.82) is 0 Å². The highest BCUT2D eigenvalue weighted by atomic mass is 16.5. The van der Waals surface area contributed by atoms with E-state index < -0.39 is 11.7 Å². The Hall–Kier alpha value is -2.39. The van der Waals surface area contributed by atoms with Gasteiger partial charge in [-0.2, -0.15) is 0 Å². The van der Waals surface area contributed by atoms with Crippen molar-refractivity contribution in [1.82, 2.24) is 0 Å². The van der Waals surface area contributed by atoms with E-state index >= 15 is 0 Å². The largest absolute Gasteiger partial charge is 0.508 e. The van der Waals surface area contributed by atoms with Crippen LogP contribution < -0.4 is 0 Å². The molecule has 4 rings (SSSR count). The monoisotopic (exact) mass is 334 g/mol. The molecule has 0 saturated carbocycles. The lowest BCUT2D eigenvalue weighted by molar-refractivity contribution is -0.130. The van der Waals surface area contributed by atoms with Crippen molar-refractivity contribution >= 4 is 11.4 Å². The number of ketones is 1. The fourth-order valence-electron chi connectivity index (χ4n) is 3.94. The number of hydrogen-bond donors (Lipinski definition) is 1. The van der Waals surface area contributed by atoms with Gasteiger partial charge < -0.3 is 9.84 Å². The zero-order chi connectivity index (χ0) is 17.6. The van der Waals surface area contributed by atoms with E-state index in [9.17, 15) is 9.90 Å². The van der Waals surface area contributed by atoms with E-state index in [1.165, 1.54) is 0 Å². The summed E-state index contributed by atoms with van der Waals surface area (Å²) in [6, 6.07) is 16.3. The highest BCUT2D eigenvalue weighted by molar-refractivity contribution is 6.25. The Labute approximate surface area is 148 Å². The molecule has 3 heteroatoms. The first-order valence-electron chi connectivity index (χ1n) is 8.88. The number of rotatable bonds is 3. The first-order valence-corrected chi connectivity index (χ1v) is 8.88. The van der Waals surface area contributed by atoms with E-state index in [0.717, 1.165) is 28.7 Å². The maximum Gasteiger partial charge on any atom is 0.195 e. The third-order valence-corrected chi connectivity index (χ3v) is 5.43. The molecule has 25 heavy (non-hydrogen) atoms. The molecule has 0 unspecified atom stereocenters. The van der Waals surface area contributed by atoms with Gasteiger partial charge in [0.05, 0.1) is 5.57 Å². The second-order valence-corrected chi connectivity index (χ2v) is 7.06. The highest BCUT2D eigenvalue weighted by Gasteiger charge is 2.50. The van der Waals surface area contributed by atoms with E-state index in [-0.39, 0.29) is 11.5 Å². The minimum Gasteiger partial charge on any atom is -0.508 e. The molecule has 0 radical (unpaired) electrons. The molecule has 0 amide bonds. The number of fused-ring (bicyclic) bond motifs is 2. The molecule has 3 nitrogen and oxygen atoms in total. The zero-order valence-electron chi connectivity index (χ0n) is 14.6. The Kier molecular flexibility index (Phi) is 3.77. The smallest absolute Gasteiger partial charge is 0.195 e. The number of aliphatic hydroxyl groups excluding tert-OH is 1. The van der Waals surface area contributed by atoms with Crippen LogP contribution in [0.3, 0.4) is 0 Å². The second kappa shape index (κ2) is 5.85. The minimum absolute atomic E-state index is 0.0883. The van der Waals surface area contributed by atoms with Gasteiger partial charge in [-0.3, -0.25) is 4.79 Å². The summed E-state index contributed by atoms with van der Waals surface area (Å²) in [5.74, 6) is 0.00282. The molecular formula is C22H22O3. The quantitative estimate of drug-likeness (QED) is 0.884. The normalized spacial score (nSPS) is 25.5. The van der Waals surface area contributed by atoms with Crippen molar-refractivity contribution in [3.05, 3.63) is 65.4 Å². The molecule has 1 N–H and O–H groups in total. The fraction of sp³-hybridized carbons (Fsp3) is 0.318. The molecule has 0 spiro atoms. The van der Waals surface area contributed by atoms with Crippen LogP contribution in [0.5, 0.6) is 0 Å². The maximum atomic E-state index is 12.8. The summed E-state index contributed by atoms with van der Waals surface area (Å²) in [5, 5.41) is 10.8. The number of ether oxygens (including phenoxy) is 1. The average Bonchev–Trinajstić information content (AvgIpc) is 3.02. The van der Waals surface area contributed by atoms with Crippen LogP contribution in [0, 0.1) is 0 Å². The van der Waals surface area contributed by atoms with Crippen LogP contribution in [0.25, 0.3) is 16.7 Å². The van der Waals surface area contributed by atoms with Gasteiger partial charge in [-0.05, 0) is 48.4 Å². The standard InChI is InChI=1S/C22H22O3/c1-3-14-13-16(15-7-5-4-6-8-15)9-10-17(14)19-20(23)18-11-12-22(2,25-18)21(19)24/h4-10,13,18,24H,3,11-12H2,1-2H3/t18-,22-/m1/s1. The van der Waals surface area contributed by atoms with Gasteiger partial charge in [0.2, 0.25) is 0 Å². The zero-order valence-corrected chi connectivity index (χ0v) is 14.6. The predicted molar refractivity (Wildman–Crippen MR) is 98.3 cm³/mol. The summed E-state index contributed by atoms with van der Waals surface area (Å²) in [7, 11) is 0. The van der Waals surface area contributed by atoms with Crippen molar-refractivity contribution in [3.63, 3.8) is 0 Å². The van der Waals surface area contributed by atoms with Gasteiger partial charge in [0.15, 0.2) is 5.78 Å². The van der Waals surface area contributed by atoms with Gasteiger partial charge in [-0.15, -0.1) is 0 Å². The lowest BCUT2D eigenvalue weighted by atomic mass is 9.87. The van der Waals surface area contributed by atoms with Gasteiger partial charge in [-0.1, -0.05) is 55.5 Å². The molecule has 2 heterocycles. The first-order chi connectivity index (χ1) is 12.0. The Balaban J connectivity index is 1.85. The summed E-state index contributed by atoms with van der Waals surface area (Å²) in [4.78, 5) is 12.8. The number of aliphatic hydroxyl groups is 1. The summed E-state index contributed by atoms with van der Waals surface area (Å²) in [6.45, 7) is 3.95. The number of carbonyl (C=O) groups is 1. The number of benzene rings is 2. The summed E-state index contributed by atoms with van der Waals surface area (Å²) >= 11 is 0. The van der Waals surface area contributed by atoms with Gasteiger partial charge in [0.1, 0.15) is 17.5 Å². The van der Waals surface area contributed by atoms with E-state index in [1.807, 2.05) is 37.3 Å². The maximum absolute atomic E-state index is 12.8. The SMILES string of the molecule is CCc1cc(-c2ccccc2)ccc1C1=C(O)[C@@]2(C)CC[C@@H](O2)C1=O. The molecule has 1 saturated heterocycles. The molecular weight excluding hydrogens is 312 g/mol. The first kappa shape index (κ1) is 16.1. The predicted octanol–water partition coefficient (Wildman–Crippen LogP) is 4.71. The van der Waals surface area contributed by atoms with E-state index in [1.54, 1.807) is 0 Å². The number of carbonyl (C=O) groups excluding carboxylic acids is 1. The van der Waals surface area contributed by atoms with Crippen LogP contribution in [0.2, 0.25) is 0 Å². The van der Waals surface area contributed by atoms with Crippen molar-refractivity contribution in [2.75, 3.05) is 0 Å². The molecule has 2 aromatic carbocycles. The van der Waals surface area contributed by atoms with Crippen LogP contribution in [0.4, 0.5) is 0 Å². The van der Waals surface area contributed by atoms with Crippen LogP contribution >= 0.6 is 0 Å². The van der Waals surface area contributed by atoms with E-state index in [4.69, 9.17) is 4.74 Å². The third-order valence-electron chi connectivity index (χ3n) is 5.43. The Morgan fingerprint density at radius 2 is 1.92 bits per heavy atom. The molecule has 2 aromatic rings. The molecule has 128 valence electrons. The summed E-state index contributed by atoms with van der Waals surface area (Å²) < 4.78 is 5.77. The van der Waals surface area contributed by atoms with Crippen LogP contribution in [0.1, 0.15) is 37.8 Å². The van der Waals surface area contributed by atoms with Gasteiger partial charge in [0.25, 0.3) is 0 Å². The van der Waals surface area contributed by atoms with Crippen molar-refractivity contribution in [2.24, 2.45) is 0 Å². The Morgan fingerprint density at radius 1 is 1.16 bits per heavy atom. The molecule has 1 fully saturated rings. The van der Waals surface area contributed by atoms with Crippen molar-refractivity contribution < 1.29 is 14.6 Å². The molecule has 2 bridgehead atoms. The van der Waals surface area contributed by atoms with Gasteiger partial charge in [-0.25, -0.2) is 0 Å². The average molecular weight is 334 g/mol. The lowest BCUT2D eigenvalue weighted by Crippen LogP contribution is -2.37. The Morgan fingerprint density at radius 3 is 2.64 bits per heavy atom. The van der Waals surface area contributed by atoms with Crippen LogP contribution in [-0.4, -0.2) is 22.6 Å². The van der Waals surface area contributed by atoms with E-state index in [0.29, 0.717) is 18.4 Å². The van der Waals surface area contributed by atoms with Crippen molar-refractivity contribution in [2.45, 2.75) is 44.8 Å². The molecule has 2 aliphatic rings. The fourth-order valence-corrected chi connectivity index (χ4v) is 3.94. The Bertz CT molecular complexity index is 866. The van der Waals surface area contributed by atoms with Crippen LogP contribution in [0.15, 0.2) is 54.3 Å². The third kappa shape index (κ3) is 2.50. The molecule has 0 aliphatic carbocycles. The number of hydrogen-bond acceptors (Lipinski definition) is 3. The number of Topliss-reactive ketones (excluding diaryl/α,β-unsaturated/α-hetero) is 1. The molecule has 0 aromatic heterocycles. The molecule has 2 atom stereocenters. The van der Waals surface area contributed by atoms with E-state index in [2.05, 4.69) is 25.1 Å². The van der Waals surface area contributed by atoms with Crippen LogP contribution in [-0.2, 0) is 16.0 Å². The summed E-state index contributed by atoms with van der Waals surface area (Å²) in [5.41, 5.74) is 3.90. The van der Waals surface area contributed by atoms with Gasteiger partial charge >= 0.3 is 0 Å². The summed E-state index contributed by atoms with van der Waals surface area (Å²) in [6.07, 6.45) is 1.73. The topological polar surface area (TPSA) is 46.5 Å². The minimum atomic E-state index is -0.725. The lowest BCUT2D eigenvalue weighted by Gasteiger charge is -2.31. The highest BCUT2D eigenvalue weighted by Crippen LogP contribution is 2.45.